The number of carbonyl (C=O) groups excluding carboxylic acids is 1. The van der Waals surface area contributed by atoms with E-state index in [-0.39, 0.29) is 5.91 Å². The highest BCUT2D eigenvalue weighted by molar-refractivity contribution is 9.10. The average Bonchev–Trinajstić information content (AvgIpc) is 3.47. The van der Waals surface area contributed by atoms with Crippen molar-refractivity contribution < 1.29 is 4.79 Å². The molecule has 0 aliphatic rings. The fraction of sp³-hybridized carbons (Fsp3) is 0.0909. The number of imidazole rings is 1. The molecule has 1 N–H and O–H groups in total. The highest BCUT2D eigenvalue weighted by Crippen LogP contribution is 2.18. The number of rotatable bonds is 5. The van der Waals surface area contributed by atoms with Gasteiger partial charge in [0.05, 0.1) is 47.3 Å². The SMILES string of the molecule is Cc1c(C(=O)Nc2cnn(Cc3cn4ccccc4n3)c2)cnn1-c1ccc(Br)cc1. The van der Waals surface area contributed by atoms with Gasteiger partial charge >= 0.3 is 0 Å². The molecule has 0 atom stereocenters. The lowest BCUT2D eigenvalue weighted by atomic mass is 10.2. The molecule has 1 aromatic carbocycles. The number of benzene rings is 1. The number of anilines is 1. The molecule has 0 spiro atoms. The van der Waals surface area contributed by atoms with E-state index in [2.05, 4.69) is 36.4 Å². The van der Waals surface area contributed by atoms with Crippen molar-refractivity contribution in [2.75, 3.05) is 5.32 Å². The molecule has 9 heteroatoms. The molecule has 31 heavy (non-hydrogen) atoms. The summed E-state index contributed by atoms with van der Waals surface area (Å²) in [5.74, 6) is -0.229. The van der Waals surface area contributed by atoms with Crippen LogP contribution in [-0.4, -0.2) is 34.9 Å². The van der Waals surface area contributed by atoms with E-state index in [0.29, 0.717) is 17.8 Å². The van der Waals surface area contributed by atoms with Crippen LogP contribution < -0.4 is 5.32 Å². The van der Waals surface area contributed by atoms with Crippen molar-refractivity contribution in [2.24, 2.45) is 0 Å². The molecule has 1 amide bonds. The van der Waals surface area contributed by atoms with Gasteiger partial charge in [0.2, 0.25) is 0 Å². The number of nitrogens with one attached hydrogen (secondary N) is 1. The smallest absolute Gasteiger partial charge is 0.259 e. The zero-order valence-corrected chi connectivity index (χ0v) is 18.2. The molecular formula is C22H18BrN7O. The summed E-state index contributed by atoms with van der Waals surface area (Å²) < 4.78 is 6.44. The van der Waals surface area contributed by atoms with Crippen molar-refractivity contribution >= 4 is 33.2 Å². The van der Waals surface area contributed by atoms with E-state index < -0.39 is 0 Å². The first kappa shape index (κ1) is 19.3. The maximum atomic E-state index is 12.8. The van der Waals surface area contributed by atoms with E-state index in [0.717, 1.165) is 27.2 Å². The number of pyridine rings is 1. The van der Waals surface area contributed by atoms with Crippen LogP contribution in [0.4, 0.5) is 5.69 Å². The van der Waals surface area contributed by atoms with E-state index in [1.54, 1.807) is 28.0 Å². The highest BCUT2D eigenvalue weighted by atomic mass is 79.9. The van der Waals surface area contributed by atoms with Gasteiger partial charge < -0.3 is 9.72 Å². The van der Waals surface area contributed by atoms with Gasteiger partial charge in [-0.3, -0.25) is 9.48 Å². The second-order valence-corrected chi connectivity index (χ2v) is 8.03. The molecule has 0 radical (unpaired) electrons. The summed E-state index contributed by atoms with van der Waals surface area (Å²) in [6.07, 6.45) is 8.92. The van der Waals surface area contributed by atoms with Gasteiger partial charge in [0.15, 0.2) is 0 Å². The summed E-state index contributed by atoms with van der Waals surface area (Å²) in [4.78, 5) is 17.4. The highest BCUT2D eigenvalue weighted by Gasteiger charge is 2.16. The minimum absolute atomic E-state index is 0.229. The Kier molecular flexibility index (Phi) is 4.87. The zero-order chi connectivity index (χ0) is 21.4. The standard InChI is InChI=1S/C22H18BrN7O/c1-15-20(11-25-30(15)19-7-5-16(23)6-8-19)22(31)27-17-10-24-29(13-17)14-18-12-28-9-3-2-4-21(28)26-18/h2-13H,14H2,1H3,(H,27,31). The van der Waals surface area contributed by atoms with Crippen LogP contribution in [0.25, 0.3) is 11.3 Å². The minimum atomic E-state index is -0.229. The van der Waals surface area contributed by atoms with Crippen molar-refractivity contribution in [1.82, 2.24) is 28.9 Å². The molecule has 0 unspecified atom stereocenters. The number of amides is 1. The summed E-state index contributed by atoms with van der Waals surface area (Å²) in [7, 11) is 0. The molecule has 4 aromatic heterocycles. The van der Waals surface area contributed by atoms with Crippen molar-refractivity contribution in [2.45, 2.75) is 13.5 Å². The molecule has 0 saturated heterocycles. The maximum absolute atomic E-state index is 12.8. The van der Waals surface area contributed by atoms with Crippen LogP contribution in [0.1, 0.15) is 21.7 Å². The van der Waals surface area contributed by atoms with Gasteiger partial charge in [0.1, 0.15) is 5.65 Å². The van der Waals surface area contributed by atoms with E-state index in [1.807, 2.05) is 66.2 Å². The summed E-state index contributed by atoms with van der Waals surface area (Å²) >= 11 is 3.43. The van der Waals surface area contributed by atoms with Crippen molar-refractivity contribution in [3.63, 3.8) is 0 Å². The third-order valence-corrected chi connectivity index (χ3v) is 5.48. The van der Waals surface area contributed by atoms with Crippen LogP contribution in [0.5, 0.6) is 0 Å². The van der Waals surface area contributed by atoms with Crippen LogP contribution in [0.15, 0.2) is 77.9 Å². The van der Waals surface area contributed by atoms with Gasteiger partial charge in [0, 0.05) is 23.1 Å². The Bertz CT molecular complexity index is 1350. The van der Waals surface area contributed by atoms with Crippen molar-refractivity contribution in [1.29, 1.82) is 0 Å². The third-order valence-electron chi connectivity index (χ3n) is 4.95. The summed E-state index contributed by atoms with van der Waals surface area (Å²) in [6.45, 7) is 2.38. The van der Waals surface area contributed by atoms with Crippen molar-refractivity contribution in [3.05, 3.63) is 94.9 Å². The number of hydrogen-bond donors (Lipinski definition) is 1. The zero-order valence-electron chi connectivity index (χ0n) is 16.6. The largest absolute Gasteiger partial charge is 0.319 e. The Labute approximate surface area is 186 Å². The van der Waals surface area contributed by atoms with E-state index in [9.17, 15) is 4.79 Å². The molecule has 5 rings (SSSR count). The minimum Gasteiger partial charge on any atom is -0.319 e. The number of nitrogens with zero attached hydrogens (tertiary/aromatic N) is 6. The first-order valence-corrected chi connectivity index (χ1v) is 10.4. The predicted molar refractivity (Wildman–Crippen MR) is 120 cm³/mol. The first-order chi connectivity index (χ1) is 15.1. The Balaban J connectivity index is 1.30. The second kappa shape index (κ2) is 7.84. The molecule has 0 aliphatic carbocycles. The number of aromatic nitrogens is 6. The summed E-state index contributed by atoms with van der Waals surface area (Å²) in [5, 5.41) is 11.6. The monoisotopic (exact) mass is 475 g/mol. The normalized spacial score (nSPS) is 11.2. The van der Waals surface area contributed by atoms with Gasteiger partial charge in [-0.2, -0.15) is 10.2 Å². The summed E-state index contributed by atoms with van der Waals surface area (Å²) in [5.41, 5.74) is 4.55. The third kappa shape index (κ3) is 3.87. The molecule has 0 aliphatic heterocycles. The quantitative estimate of drug-likeness (QED) is 0.415. The Morgan fingerprint density at radius 2 is 1.90 bits per heavy atom. The first-order valence-electron chi connectivity index (χ1n) is 9.64. The molecule has 4 heterocycles. The van der Waals surface area contributed by atoms with Gasteiger partial charge in [-0.25, -0.2) is 9.67 Å². The Morgan fingerprint density at radius 3 is 2.71 bits per heavy atom. The molecule has 0 bridgehead atoms. The van der Waals surface area contributed by atoms with E-state index in [4.69, 9.17) is 0 Å². The molecule has 8 nitrogen and oxygen atoms in total. The molecule has 154 valence electrons. The maximum Gasteiger partial charge on any atom is 0.259 e. The number of hydrogen-bond acceptors (Lipinski definition) is 4. The molecule has 0 fully saturated rings. The van der Waals surface area contributed by atoms with Crippen LogP contribution >= 0.6 is 15.9 Å². The molecule has 0 saturated carbocycles. The molecule has 5 aromatic rings. The predicted octanol–water partition coefficient (Wildman–Crippen LogP) is 4.09. The fourth-order valence-electron chi connectivity index (χ4n) is 3.42. The van der Waals surface area contributed by atoms with Gasteiger partial charge in [-0.15, -0.1) is 0 Å². The molecular weight excluding hydrogens is 458 g/mol. The lowest BCUT2D eigenvalue weighted by Gasteiger charge is -2.06. The lowest BCUT2D eigenvalue weighted by Crippen LogP contribution is -2.12. The van der Waals surface area contributed by atoms with Crippen LogP contribution in [0.2, 0.25) is 0 Å². The van der Waals surface area contributed by atoms with Gasteiger partial charge in [0.25, 0.3) is 5.91 Å². The Hall–Kier alpha value is -3.72. The number of carbonyl (C=O) groups is 1. The van der Waals surface area contributed by atoms with E-state index in [1.165, 1.54) is 0 Å². The number of halogens is 1. The topological polar surface area (TPSA) is 82.0 Å². The van der Waals surface area contributed by atoms with Crippen LogP contribution in [-0.2, 0) is 6.54 Å². The lowest BCUT2D eigenvalue weighted by molar-refractivity contribution is 0.102. The van der Waals surface area contributed by atoms with Crippen LogP contribution in [0, 0.1) is 6.92 Å². The van der Waals surface area contributed by atoms with Crippen LogP contribution in [0.3, 0.4) is 0 Å². The second-order valence-electron chi connectivity index (χ2n) is 7.11. The fourth-order valence-corrected chi connectivity index (χ4v) is 3.68. The van der Waals surface area contributed by atoms with Crippen molar-refractivity contribution in [3.8, 4) is 5.69 Å². The summed E-state index contributed by atoms with van der Waals surface area (Å²) in [6, 6.07) is 13.6. The van der Waals surface area contributed by atoms with Gasteiger partial charge in [-0.05, 0) is 43.3 Å². The van der Waals surface area contributed by atoms with Gasteiger partial charge in [-0.1, -0.05) is 22.0 Å². The average molecular weight is 476 g/mol. The number of fused-ring (bicyclic) bond motifs is 1. The Morgan fingerprint density at radius 1 is 1.06 bits per heavy atom. The van der Waals surface area contributed by atoms with E-state index >= 15 is 0 Å².